The SMILES string of the molecule is O=C(O)CCC[C@@H](NC(=O)C1=NNC(=O)CC1)C(=O)O. The fraction of sp³-hybridized carbons (Fsp3) is 0.545. The Balaban J connectivity index is 2.52. The van der Waals surface area contributed by atoms with Crippen LogP contribution in [0.1, 0.15) is 32.1 Å². The van der Waals surface area contributed by atoms with E-state index in [1.54, 1.807) is 0 Å². The summed E-state index contributed by atoms with van der Waals surface area (Å²) in [6, 6.07) is -1.18. The van der Waals surface area contributed by atoms with Gasteiger partial charge in [0.15, 0.2) is 0 Å². The van der Waals surface area contributed by atoms with E-state index in [4.69, 9.17) is 10.2 Å². The van der Waals surface area contributed by atoms with Crippen LogP contribution >= 0.6 is 0 Å². The van der Waals surface area contributed by atoms with Crippen molar-refractivity contribution in [2.24, 2.45) is 5.10 Å². The first-order chi connectivity index (χ1) is 9.40. The van der Waals surface area contributed by atoms with Crippen LogP contribution in [0.4, 0.5) is 0 Å². The summed E-state index contributed by atoms with van der Waals surface area (Å²) in [4.78, 5) is 43.9. The number of carboxylic acid groups (broad SMARTS) is 2. The van der Waals surface area contributed by atoms with E-state index in [0.717, 1.165) is 0 Å². The summed E-state index contributed by atoms with van der Waals surface area (Å²) in [5.41, 5.74) is 2.19. The molecule has 0 aromatic rings. The minimum atomic E-state index is -1.25. The van der Waals surface area contributed by atoms with E-state index < -0.39 is 23.9 Å². The van der Waals surface area contributed by atoms with E-state index in [9.17, 15) is 19.2 Å². The van der Waals surface area contributed by atoms with Crippen molar-refractivity contribution in [3.05, 3.63) is 0 Å². The molecular weight excluding hydrogens is 270 g/mol. The predicted molar refractivity (Wildman–Crippen MR) is 65.9 cm³/mol. The zero-order valence-electron chi connectivity index (χ0n) is 10.6. The first-order valence-electron chi connectivity index (χ1n) is 6.01. The van der Waals surface area contributed by atoms with Crippen molar-refractivity contribution in [3.8, 4) is 0 Å². The monoisotopic (exact) mass is 285 g/mol. The second kappa shape index (κ2) is 7.22. The number of carbonyl (C=O) groups excluding carboxylic acids is 2. The molecule has 0 unspecified atom stereocenters. The number of nitrogens with one attached hydrogen (secondary N) is 2. The maximum atomic E-state index is 11.7. The van der Waals surface area contributed by atoms with Gasteiger partial charge in [0.25, 0.3) is 5.91 Å². The van der Waals surface area contributed by atoms with E-state index >= 15 is 0 Å². The van der Waals surface area contributed by atoms with Gasteiger partial charge in [0, 0.05) is 19.3 Å². The lowest BCUT2D eigenvalue weighted by atomic mass is 10.1. The van der Waals surface area contributed by atoms with Crippen LogP contribution < -0.4 is 10.7 Å². The second-order valence-corrected chi connectivity index (χ2v) is 4.24. The smallest absolute Gasteiger partial charge is 0.326 e. The summed E-state index contributed by atoms with van der Waals surface area (Å²) in [5, 5.41) is 23.2. The highest BCUT2D eigenvalue weighted by atomic mass is 16.4. The quantitative estimate of drug-likeness (QED) is 0.475. The molecule has 0 aromatic heterocycles. The van der Waals surface area contributed by atoms with Crippen molar-refractivity contribution < 1.29 is 29.4 Å². The molecule has 0 radical (unpaired) electrons. The summed E-state index contributed by atoms with van der Waals surface area (Å²) >= 11 is 0. The maximum Gasteiger partial charge on any atom is 0.326 e. The molecule has 0 aliphatic carbocycles. The minimum absolute atomic E-state index is 0.00696. The zero-order valence-corrected chi connectivity index (χ0v) is 10.6. The summed E-state index contributed by atoms with van der Waals surface area (Å²) < 4.78 is 0. The summed E-state index contributed by atoms with van der Waals surface area (Å²) in [7, 11) is 0. The van der Waals surface area contributed by atoms with E-state index in [-0.39, 0.29) is 43.7 Å². The van der Waals surface area contributed by atoms with Crippen molar-refractivity contribution in [1.29, 1.82) is 0 Å². The third kappa shape index (κ3) is 5.04. The molecule has 2 amide bonds. The van der Waals surface area contributed by atoms with Crippen molar-refractivity contribution in [3.63, 3.8) is 0 Å². The lowest BCUT2D eigenvalue weighted by Gasteiger charge is -2.16. The van der Waals surface area contributed by atoms with Gasteiger partial charge >= 0.3 is 11.9 Å². The van der Waals surface area contributed by atoms with Gasteiger partial charge in [0.05, 0.1) is 0 Å². The van der Waals surface area contributed by atoms with Crippen molar-refractivity contribution in [2.75, 3.05) is 0 Å². The van der Waals surface area contributed by atoms with E-state index in [0.29, 0.717) is 0 Å². The molecule has 0 saturated carbocycles. The number of aliphatic carboxylic acids is 2. The fourth-order valence-electron chi connectivity index (χ4n) is 1.59. The number of amides is 2. The minimum Gasteiger partial charge on any atom is -0.481 e. The Morgan fingerprint density at radius 1 is 1.30 bits per heavy atom. The lowest BCUT2D eigenvalue weighted by molar-refractivity contribution is -0.142. The highest BCUT2D eigenvalue weighted by Gasteiger charge is 2.24. The number of hydrogen-bond donors (Lipinski definition) is 4. The van der Waals surface area contributed by atoms with Gasteiger partial charge in [-0.05, 0) is 12.8 Å². The molecule has 0 aromatic carbocycles. The molecule has 0 bridgehead atoms. The Morgan fingerprint density at radius 3 is 2.50 bits per heavy atom. The third-order valence-corrected chi connectivity index (χ3v) is 2.65. The molecule has 1 rings (SSSR count). The van der Waals surface area contributed by atoms with Crippen LogP contribution in [0.25, 0.3) is 0 Å². The van der Waals surface area contributed by atoms with Gasteiger partial charge < -0.3 is 15.5 Å². The van der Waals surface area contributed by atoms with E-state index in [1.165, 1.54) is 0 Å². The first kappa shape index (κ1) is 15.6. The average Bonchev–Trinajstić information content (AvgIpc) is 2.37. The third-order valence-electron chi connectivity index (χ3n) is 2.65. The van der Waals surface area contributed by atoms with Gasteiger partial charge in [0.2, 0.25) is 5.91 Å². The number of nitrogens with zero attached hydrogens (tertiary/aromatic N) is 1. The highest BCUT2D eigenvalue weighted by molar-refractivity contribution is 6.39. The number of hydrogen-bond acceptors (Lipinski definition) is 5. The largest absolute Gasteiger partial charge is 0.481 e. The molecule has 110 valence electrons. The molecule has 9 nitrogen and oxygen atoms in total. The molecule has 4 N–H and O–H groups in total. The normalized spacial score (nSPS) is 15.8. The Bertz CT molecular complexity index is 459. The molecule has 0 saturated heterocycles. The average molecular weight is 285 g/mol. The number of carbonyl (C=O) groups is 4. The van der Waals surface area contributed by atoms with Crippen LogP contribution in [0.5, 0.6) is 0 Å². The number of carboxylic acids is 2. The predicted octanol–water partition coefficient (Wildman–Crippen LogP) is -0.923. The Labute approximate surface area is 114 Å². The van der Waals surface area contributed by atoms with Crippen LogP contribution in [0.3, 0.4) is 0 Å². The lowest BCUT2D eigenvalue weighted by Crippen LogP contribution is -2.45. The van der Waals surface area contributed by atoms with Gasteiger partial charge in [-0.3, -0.25) is 14.4 Å². The molecule has 0 fully saturated rings. The van der Waals surface area contributed by atoms with E-state index in [1.807, 2.05) is 0 Å². The first-order valence-corrected chi connectivity index (χ1v) is 6.01. The molecule has 1 heterocycles. The molecule has 1 aliphatic heterocycles. The van der Waals surface area contributed by atoms with Gasteiger partial charge in [-0.15, -0.1) is 0 Å². The molecule has 1 aliphatic rings. The van der Waals surface area contributed by atoms with Gasteiger partial charge in [-0.1, -0.05) is 0 Å². The number of hydrazone groups is 1. The second-order valence-electron chi connectivity index (χ2n) is 4.24. The Kier molecular flexibility index (Phi) is 5.63. The number of rotatable bonds is 7. The molecule has 20 heavy (non-hydrogen) atoms. The fourth-order valence-corrected chi connectivity index (χ4v) is 1.59. The Morgan fingerprint density at radius 2 is 2.00 bits per heavy atom. The topological polar surface area (TPSA) is 145 Å². The highest BCUT2D eigenvalue weighted by Crippen LogP contribution is 2.04. The van der Waals surface area contributed by atoms with Crippen LogP contribution in [0, 0.1) is 0 Å². The molecule has 1 atom stereocenters. The molecular formula is C11H15N3O6. The summed E-state index contributed by atoms with van der Waals surface area (Å²) in [5.74, 6) is -3.26. The van der Waals surface area contributed by atoms with Crippen LogP contribution in [-0.2, 0) is 19.2 Å². The van der Waals surface area contributed by atoms with Gasteiger partial charge in [-0.25, -0.2) is 10.2 Å². The molecule has 0 spiro atoms. The maximum absolute atomic E-state index is 11.7. The summed E-state index contributed by atoms with van der Waals surface area (Å²) in [6.45, 7) is 0. The van der Waals surface area contributed by atoms with Crippen molar-refractivity contribution in [1.82, 2.24) is 10.7 Å². The van der Waals surface area contributed by atoms with Crippen LogP contribution in [0.2, 0.25) is 0 Å². The van der Waals surface area contributed by atoms with Crippen LogP contribution in [0.15, 0.2) is 5.10 Å². The van der Waals surface area contributed by atoms with Crippen molar-refractivity contribution >= 4 is 29.5 Å². The van der Waals surface area contributed by atoms with Crippen LogP contribution in [-0.4, -0.2) is 45.7 Å². The van der Waals surface area contributed by atoms with Crippen molar-refractivity contribution in [2.45, 2.75) is 38.1 Å². The van der Waals surface area contributed by atoms with E-state index in [2.05, 4.69) is 15.8 Å². The zero-order chi connectivity index (χ0) is 15.1. The Hall–Kier alpha value is -2.45. The summed E-state index contributed by atoms with van der Waals surface area (Å²) in [6.07, 6.45) is 0.224. The van der Waals surface area contributed by atoms with Gasteiger partial charge in [-0.2, -0.15) is 5.10 Å². The van der Waals surface area contributed by atoms with Gasteiger partial charge in [0.1, 0.15) is 11.8 Å². The molecule has 9 heteroatoms. The standard InChI is InChI=1S/C11H15N3O6/c15-8-5-4-6(13-14-8)10(18)12-7(11(19)20)2-1-3-9(16)17/h7H,1-5H2,(H,12,18)(H,14,15)(H,16,17)(H,19,20)/t7-/m1/s1.